The molecule has 1 aromatic heterocycles. The van der Waals surface area contributed by atoms with Gasteiger partial charge in [0.25, 0.3) is 5.91 Å². The van der Waals surface area contributed by atoms with Crippen LogP contribution >= 0.6 is 11.6 Å². The summed E-state index contributed by atoms with van der Waals surface area (Å²) in [4.78, 5) is 17.1. The van der Waals surface area contributed by atoms with Gasteiger partial charge >= 0.3 is 0 Å². The molecule has 0 unspecified atom stereocenters. The van der Waals surface area contributed by atoms with Crippen LogP contribution in [0, 0.1) is 0 Å². The van der Waals surface area contributed by atoms with E-state index < -0.39 is 0 Å². The molecule has 1 fully saturated rings. The lowest BCUT2D eigenvalue weighted by molar-refractivity contribution is 0.0621. The minimum absolute atomic E-state index is 0.0654. The molecule has 0 aliphatic carbocycles. The van der Waals surface area contributed by atoms with Gasteiger partial charge in [0.1, 0.15) is 11.5 Å². The van der Waals surface area contributed by atoms with Gasteiger partial charge in [0.15, 0.2) is 5.69 Å². The highest BCUT2D eigenvalue weighted by Crippen LogP contribution is 2.26. The Kier molecular flexibility index (Phi) is 6.44. The average Bonchev–Trinajstić information content (AvgIpc) is 3.29. The van der Waals surface area contributed by atoms with Crippen molar-refractivity contribution in [1.82, 2.24) is 19.6 Å². The van der Waals surface area contributed by atoms with Gasteiger partial charge in [0.2, 0.25) is 0 Å². The lowest BCUT2D eigenvalue weighted by Gasteiger charge is -2.34. The Bertz CT molecular complexity index is 1060. The Hall–Kier alpha value is -3.03. The Labute approximate surface area is 186 Å². The minimum atomic E-state index is -0.0654. The van der Waals surface area contributed by atoms with Gasteiger partial charge < -0.3 is 14.4 Å². The number of methoxy groups -OCH3 is 2. The molecule has 1 aliphatic heterocycles. The summed E-state index contributed by atoms with van der Waals surface area (Å²) in [6.07, 6.45) is 1.76. The molecule has 1 amide bonds. The number of nitrogens with zero attached hydrogens (tertiary/aromatic N) is 4. The standard InChI is InChI=1S/C23H25ClN4O3/c1-30-18-7-8-22(31-2)17(15-18)16-26-11-13-27(14-12-26)23(29)20-9-10-28(25-20)21-6-4-3-5-19(21)24/h3-10,15H,11-14,16H2,1-2H3. The number of piperazine rings is 1. The monoisotopic (exact) mass is 440 g/mol. The number of halogens is 1. The van der Waals surface area contributed by atoms with Crippen LogP contribution in [0.2, 0.25) is 5.02 Å². The molecule has 31 heavy (non-hydrogen) atoms. The first kappa shape index (κ1) is 21.2. The molecule has 0 spiro atoms. The van der Waals surface area contributed by atoms with E-state index in [0.29, 0.717) is 23.8 Å². The lowest BCUT2D eigenvalue weighted by atomic mass is 10.1. The minimum Gasteiger partial charge on any atom is -0.497 e. The van der Waals surface area contributed by atoms with E-state index in [2.05, 4.69) is 10.00 Å². The molecule has 7 nitrogen and oxygen atoms in total. The van der Waals surface area contributed by atoms with Crippen LogP contribution in [-0.2, 0) is 6.54 Å². The quantitative estimate of drug-likeness (QED) is 0.587. The number of ether oxygens (including phenoxy) is 2. The Morgan fingerprint density at radius 3 is 2.52 bits per heavy atom. The van der Waals surface area contributed by atoms with Crippen molar-refractivity contribution in [2.45, 2.75) is 6.54 Å². The largest absolute Gasteiger partial charge is 0.497 e. The molecule has 1 aliphatic rings. The Morgan fingerprint density at radius 2 is 1.81 bits per heavy atom. The van der Waals surface area contributed by atoms with Crippen molar-refractivity contribution in [3.05, 3.63) is 71.0 Å². The highest BCUT2D eigenvalue weighted by atomic mass is 35.5. The van der Waals surface area contributed by atoms with Gasteiger partial charge in [-0.15, -0.1) is 0 Å². The third-order valence-corrected chi connectivity index (χ3v) is 5.77. The van der Waals surface area contributed by atoms with Crippen LogP contribution in [0.25, 0.3) is 5.69 Å². The number of para-hydroxylation sites is 1. The second kappa shape index (κ2) is 9.41. The molecule has 3 aromatic rings. The fourth-order valence-electron chi connectivity index (χ4n) is 3.73. The summed E-state index contributed by atoms with van der Waals surface area (Å²) in [6, 6.07) is 15.0. The first-order valence-corrected chi connectivity index (χ1v) is 10.5. The van der Waals surface area contributed by atoms with Crippen molar-refractivity contribution in [3.8, 4) is 17.2 Å². The predicted octanol–water partition coefficient (Wildman–Crippen LogP) is 3.50. The number of hydrogen-bond donors (Lipinski definition) is 0. The first-order valence-electron chi connectivity index (χ1n) is 10.1. The topological polar surface area (TPSA) is 59.8 Å². The van der Waals surface area contributed by atoms with E-state index in [4.69, 9.17) is 21.1 Å². The number of aromatic nitrogens is 2. The van der Waals surface area contributed by atoms with Gasteiger partial charge in [-0.3, -0.25) is 9.69 Å². The van der Waals surface area contributed by atoms with E-state index in [1.54, 1.807) is 37.2 Å². The van der Waals surface area contributed by atoms with Gasteiger partial charge in [0, 0.05) is 44.5 Å². The fourth-order valence-corrected chi connectivity index (χ4v) is 3.95. The molecule has 2 aromatic carbocycles. The molecular formula is C23H25ClN4O3. The van der Waals surface area contributed by atoms with Crippen molar-refractivity contribution < 1.29 is 14.3 Å². The van der Waals surface area contributed by atoms with E-state index in [1.807, 2.05) is 41.3 Å². The van der Waals surface area contributed by atoms with E-state index in [-0.39, 0.29) is 5.91 Å². The number of carbonyl (C=O) groups excluding carboxylic acids is 1. The van der Waals surface area contributed by atoms with E-state index >= 15 is 0 Å². The number of hydrogen-bond acceptors (Lipinski definition) is 5. The summed E-state index contributed by atoms with van der Waals surface area (Å²) in [5.41, 5.74) is 2.24. The average molecular weight is 441 g/mol. The number of carbonyl (C=O) groups is 1. The smallest absolute Gasteiger partial charge is 0.274 e. The van der Waals surface area contributed by atoms with Gasteiger partial charge in [-0.1, -0.05) is 23.7 Å². The van der Waals surface area contributed by atoms with Crippen molar-refractivity contribution in [2.75, 3.05) is 40.4 Å². The highest BCUT2D eigenvalue weighted by Gasteiger charge is 2.24. The van der Waals surface area contributed by atoms with Crippen molar-refractivity contribution in [2.24, 2.45) is 0 Å². The summed E-state index contributed by atoms with van der Waals surface area (Å²) in [5, 5.41) is 5.03. The molecule has 0 saturated carbocycles. The molecule has 8 heteroatoms. The van der Waals surface area contributed by atoms with E-state index in [1.165, 1.54) is 0 Å². The van der Waals surface area contributed by atoms with Crippen LogP contribution < -0.4 is 9.47 Å². The second-order valence-electron chi connectivity index (χ2n) is 7.34. The number of benzene rings is 2. The molecule has 4 rings (SSSR count). The maximum absolute atomic E-state index is 12.9. The van der Waals surface area contributed by atoms with Crippen molar-refractivity contribution in [1.29, 1.82) is 0 Å². The maximum Gasteiger partial charge on any atom is 0.274 e. The normalized spacial score (nSPS) is 14.5. The first-order chi connectivity index (χ1) is 15.1. The molecule has 1 saturated heterocycles. The summed E-state index contributed by atoms with van der Waals surface area (Å²) in [5.74, 6) is 1.58. The van der Waals surface area contributed by atoms with Gasteiger partial charge in [0.05, 0.1) is 24.9 Å². The van der Waals surface area contributed by atoms with Crippen LogP contribution in [0.5, 0.6) is 11.5 Å². The molecule has 2 heterocycles. The summed E-state index contributed by atoms with van der Waals surface area (Å²) in [6.45, 7) is 3.58. The van der Waals surface area contributed by atoms with Gasteiger partial charge in [-0.05, 0) is 36.4 Å². The molecule has 0 radical (unpaired) electrons. The maximum atomic E-state index is 12.9. The van der Waals surface area contributed by atoms with Crippen LogP contribution in [0.4, 0.5) is 0 Å². The predicted molar refractivity (Wildman–Crippen MR) is 119 cm³/mol. The molecule has 0 atom stereocenters. The van der Waals surface area contributed by atoms with Crippen molar-refractivity contribution in [3.63, 3.8) is 0 Å². The SMILES string of the molecule is COc1ccc(OC)c(CN2CCN(C(=O)c3ccn(-c4ccccc4Cl)n3)CC2)c1. The molecular weight excluding hydrogens is 416 g/mol. The third kappa shape index (κ3) is 4.68. The lowest BCUT2D eigenvalue weighted by Crippen LogP contribution is -2.48. The third-order valence-electron chi connectivity index (χ3n) is 5.45. The molecule has 162 valence electrons. The fraction of sp³-hybridized carbons (Fsp3) is 0.304. The summed E-state index contributed by atoms with van der Waals surface area (Å²) in [7, 11) is 3.33. The van der Waals surface area contributed by atoms with Crippen LogP contribution in [0.15, 0.2) is 54.7 Å². The highest BCUT2D eigenvalue weighted by molar-refractivity contribution is 6.32. The van der Waals surface area contributed by atoms with Gasteiger partial charge in [-0.25, -0.2) is 4.68 Å². The molecule has 0 N–H and O–H groups in total. The van der Waals surface area contributed by atoms with E-state index in [0.717, 1.165) is 42.4 Å². The van der Waals surface area contributed by atoms with Crippen LogP contribution in [0.3, 0.4) is 0 Å². The zero-order chi connectivity index (χ0) is 21.8. The van der Waals surface area contributed by atoms with Gasteiger partial charge in [-0.2, -0.15) is 5.10 Å². The number of amides is 1. The zero-order valence-electron chi connectivity index (χ0n) is 17.6. The zero-order valence-corrected chi connectivity index (χ0v) is 18.4. The van der Waals surface area contributed by atoms with Crippen LogP contribution in [-0.4, -0.2) is 65.9 Å². The number of rotatable bonds is 6. The Balaban J connectivity index is 1.38. The van der Waals surface area contributed by atoms with Crippen LogP contribution in [0.1, 0.15) is 16.1 Å². The van der Waals surface area contributed by atoms with E-state index in [9.17, 15) is 4.79 Å². The summed E-state index contributed by atoms with van der Waals surface area (Å²) < 4.78 is 12.5. The molecule has 0 bridgehead atoms. The Morgan fingerprint density at radius 1 is 1.03 bits per heavy atom. The van der Waals surface area contributed by atoms with Crippen molar-refractivity contribution >= 4 is 17.5 Å². The summed E-state index contributed by atoms with van der Waals surface area (Å²) >= 11 is 6.24. The second-order valence-corrected chi connectivity index (χ2v) is 7.75.